The number of halogens is 1. The van der Waals surface area contributed by atoms with E-state index in [9.17, 15) is 0 Å². The molecule has 2 aromatic rings. The first-order valence-electron chi connectivity index (χ1n) is 6.74. The summed E-state index contributed by atoms with van der Waals surface area (Å²) in [5.41, 5.74) is 3.74. The van der Waals surface area contributed by atoms with Crippen LogP contribution in [0.1, 0.15) is 23.6 Å². The molecule has 0 amide bonds. The molecule has 102 valence electrons. The highest BCUT2D eigenvalue weighted by atomic mass is 35.5. The second-order valence-electron chi connectivity index (χ2n) is 5.15. The van der Waals surface area contributed by atoms with Gasteiger partial charge in [0.05, 0.1) is 6.04 Å². The molecule has 0 aromatic heterocycles. The van der Waals surface area contributed by atoms with Gasteiger partial charge in [0.2, 0.25) is 6.79 Å². The fraction of sp³-hybridized carbons (Fsp3) is 0.250. The molecule has 1 aliphatic carbocycles. The van der Waals surface area contributed by atoms with Gasteiger partial charge in [-0.3, -0.25) is 0 Å². The Labute approximate surface area is 122 Å². The Morgan fingerprint density at radius 3 is 2.90 bits per heavy atom. The molecule has 0 fully saturated rings. The number of aryl methyl sites for hydroxylation is 1. The van der Waals surface area contributed by atoms with Crippen LogP contribution in [0.4, 0.5) is 5.69 Å². The third-order valence-electron chi connectivity index (χ3n) is 3.90. The number of rotatable bonds is 2. The number of nitrogens with one attached hydrogen (secondary N) is 1. The van der Waals surface area contributed by atoms with Crippen molar-refractivity contribution in [1.29, 1.82) is 0 Å². The smallest absolute Gasteiger partial charge is 0.231 e. The van der Waals surface area contributed by atoms with Crippen molar-refractivity contribution in [3.63, 3.8) is 0 Å². The maximum Gasteiger partial charge on any atom is 0.231 e. The summed E-state index contributed by atoms with van der Waals surface area (Å²) in [6.07, 6.45) is 2.15. The molecule has 1 atom stereocenters. The lowest BCUT2D eigenvalue weighted by molar-refractivity contribution is 0.174. The van der Waals surface area contributed by atoms with Gasteiger partial charge >= 0.3 is 0 Å². The number of ether oxygens (including phenoxy) is 2. The lowest BCUT2D eigenvalue weighted by atomic mass is 10.1. The summed E-state index contributed by atoms with van der Waals surface area (Å²) in [7, 11) is 0. The highest BCUT2D eigenvalue weighted by molar-refractivity contribution is 6.30. The Hall–Kier alpha value is -1.87. The monoisotopic (exact) mass is 287 g/mol. The van der Waals surface area contributed by atoms with Crippen molar-refractivity contribution in [2.75, 3.05) is 12.1 Å². The molecule has 1 unspecified atom stereocenters. The van der Waals surface area contributed by atoms with E-state index in [0.29, 0.717) is 12.8 Å². The summed E-state index contributed by atoms with van der Waals surface area (Å²) in [4.78, 5) is 0. The quantitative estimate of drug-likeness (QED) is 0.899. The van der Waals surface area contributed by atoms with Crippen molar-refractivity contribution in [3.8, 4) is 11.5 Å². The van der Waals surface area contributed by atoms with Gasteiger partial charge in [-0.15, -0.1) is 0 Å². The minimum Gasteiger partial charge on any atom is -0.454 e. The minimum atomic E-state index is 0.309. The molecule has 1 N–H and O–H groups in total. The Kier molecular flexibility index (Phi) is 2.74. The number of hydrogen-bond donors (Lipinski definition) is 1. The predicted octanol–water partition coefficient (Wildman–Crippen LogP) is 4.17. The summed E-state index contributed by atoms with van der Waals surface area (Å²) in [5, 5.41) is 4.38. The number of hydrogen-bond acceptors (Lipinski definition) is 3. The van der Waals surface area contributed by atoms with Crippen molar-refractivity contribution < 1.29 is 9.47 Å². The molecule has 2 aliphatic rings. The second kappa shape index (κ2) is 4.60. The molecule has 20 heavy (non-hydrogen) atoms. The minimum absolute atomic E-state index is 0.309. The zero-order valence-electron chi connectivity index (χ0n) is 10.9. The van der Waals surface area contributed by atoms with Gasteiger partial charge in [0.1, 0.15) is 0 Å². The van der Waals surface area contributed by atoms with Gasteiger partial charge in [-0.2, -0.15) is 0 Å². The third-order valence-corrected chi connectivity index (χ3v) is 4.13. The Morgan fingerprint density at radius 2 is 1.95 bits per heavy atom. The summed E-state index contributed by atoms with van der Waals surface area (Å²) < 4.78 is 10.7. The lowest BCUT2D eigenvalue weighted by Crippen LogP contribution is -2.06. The summed E-state index contributed by atoms with van der Waals surface area (Å²) in [5.74, 6) is 1.62. The van der Waals surface area contributed by atoms with Crippen molar-refractivity contribution in [2.24, 2.45) is 0 Å². The molecule has 4 heteroatoms. The molecule has 3 nitrogen and oxygen atoms in total. The molecule has 4 rings (SSSR count). The number of anilines is 1. The summed E-state index contributed by atoms with van der Waals surface area (Å²) in [6.45, 7) is 0.309. The fourth-order valence-electron chi connectivity index (χ4n) is 2.92. The molecule has 1 heterocycles. The zero-order valence-corrected chi connectivity index (χ0v) is 11.6. The largest absolute Gasteiger partial charge is 0.454 e. The van der Waals surface area contributed by atoms with Crippen molar-refractivity contribution in [2.45, 2.75) is 18.9 Å². The average Bonchev–Trinajstić information content (AvgIpc) is 3.05. The van der Waals surface area contributed by atoms with Gasteiger partial charge in [0.15, 0.2) is 11.5 Å². The first-order chi connectivity index (χ1) is 9.79. The number of benzene rings is 2. The van der Waals surface area contributed by atoms with Crippen LogP contribution < -0.4 is 14.8 Å². The SMILES string of the molecule is Clc1ccc2c(c1)CCC2Nc1ccc2c(c1)OCO2. The molecule has 0 spiro atoms. The van der Waals surface area contributed by atoms with E-state index in [1.807, 2.05) is 24.3 Å². The van der Waals surface area contributed by atoms with Crippen LogP contribution in [0.3, 0.4) is 0 Å². The topological polar surface area (TPSA) is 30.5 Å². The van der Waals surface area contributed by atoms with E-state index in [0.717, 1.165) is 35.1 Å². The molecule has 1 aliphatic heterocycles. The maximum absolute atomic E-state index is 6.04. The molecule has 0 saturated carbocycles. The van der Waals surface area contributed by atoms with E-state index in [1.165, 1.54) is 11.1 Å². The first kappa shape index (κ1) is 11.9. The standard InChI is InChI=1S/C16H14ClNO2/c17-11-2-4-13-10(7-11)1-5-14(13)18-12-3-6-15-16(8-12)20-9-19-15/h2-4,6-8,14,18H,1,5,9H2. The normalized spacial score (nSPS) is 18.9. The van der Waals surface area contributed by atoms with Crippen LogP contribution in [0.15, 0.2) is 36.4 Å². The van der Waals surface area contributed by atoms with Gasteiger partial charge in [-0.1, -0.05) is 17.7 Å². The molecular weight excluding hydrogens is 274 g/mol. The average molecular weight is 288 g/mol. The Morgan fingerprint density at radius 1 is 1.05 bits per heavy atom. The van der Waals surface area contributed by atoms with Gasteiger partial charge in [0.25, 0.3) is 0 Å². The Bertz CT molecular complexity index is 672. The molecule has 2 aromatic carbocycles. The van der Waals surface area contributed by atoms with Crippen LogP contribution in [0.5, 0.6) is 11.5 Å². The predicted molar refractivity (Wildman–Crippen MR) is 78.7 cm³/mol. The van der Waals surface area contributed by atoms with Crippen LogP contribution in [0.25, 0.3) is 0 Å². The van der Waals surface area contributed by atoms with Crippen LogP contribution in [0.2, 0.25) is 5.02 Å². The number of fused-ring (bicyclic) bond motifs is 2. The van der Waals surface area contributed by atoms with Crippen molar-refractivity contribution >= 4 is 17.3 Å². The van der Waals surface area contributed by atoms with Crippen LogP contribution >= 0.6 is 11.6 Å². The fourth-order valence-corrected chi connectivity index (χ4v) is 3.12. The molecule has 0 saturated heterocycles. The van der Waals surface area contributed by atoms with Crippen LogP contribution in [0, 0.1) is 0 Å². The first-order valence-corrected chi connectivity index (χ1v) is 7.12. The van der Waals surface area contributed by atoms with Crippen molar-refractivity contribution in [3.05, 3.63) is 52.5 Å². The van der Waals surface area contributed by atoms with E-state index in [1.54, 1.807) is 0 Å². The van der Waals surface area contributed by atoms with Crippen molar-refractivity contribution in [1.82, 2.24) is 0 Å². The van der Waals surface area contributed by atoms with E-state index < -0.39 is 0 Å². The highest BCUT2D eigenvalue weighted by Gasteiger charge is 2.23. The lowest BCUT2D eigenvalue weighted by Gasteiger charge is -2.16. The molecular formula is C16H14ClNO2. The summed E-state index contributed by atoms with van der Waals surface area (Å²) >= 11 is 6.04. The summed E-state index contributed by atoms with van der Waals surface area (Å²) in [6, 6.07) is 12.5. The van der Waals surface area contributed by atoms with E-state index in [2.05, 4.69) is 17.4 Å². The van der Waals surface area contributed by atoms with E-state index in [-0.39, 0.29) is 0 Å². The van der Waals surface area contributed by atoms with Gasteiger partial charge in [-0.25, -0.2) is 0 Å². The zero-order chi connectivity index (χ0) is 13.5. The van der Waals surface area contributed by atoms with Crippen LogP contribution in [-0.2, 0) is 6.42 Å². The molecule has 0 radical (unpaired) electrons. The second-order valence-corrected chi connectivity index (χ2v) is 5.58. The highest BCUT2D eigenvalue weighted by Crippen LogP contribution is 2.38. The van der Waals surface area contributed by atoms with Gasteiger partial charge < -0.3 is 14.8 Å². The van der Waals surface area contributed by atoms with E-state index >= 15 is 0 Å². The van der Waals surface area contributed by atoms with Crippen LogP contribution in [-0.4, -0.2) is 6.79 Å². The molecule has 0 bridgehead atoms. The Balaban J connectivity index is 1.59. The van der Waals surface area contributed by atoms with Gasteiger partial charge in [-0.05, 0) is 48.2 Å². The maximum atomic E-state index is 6.04. The third kappa shape index (κ3) is 1.98. The van der Waals surface area contributed by atoms with E-state index in [4.69, 9.17) is 21.1 Å². The van der Waals surface area contributed by atoms with Gasteiger partial charge in [0, 0.05) is 16.8 Å².